The molecule has 0 fully saturated rings. The quantitative estimate of drug-likeness (QED) is 0.181. The SMILES string of the molecule is C=CCc1ccc(N=C(C)C(C)=Nc2ccc(CC=C)c(CC=C)c2CC=C)c(CC=C)c1CC=C. The zero-order valence-corrected chi connectivity index (χ0v) is 22.2. The fraction of sp³-hybridized carbons (Fsp3) is 0.235. The lowest BCUT2D eigenvalue weighted by Gasteiger charge is -2.16. The highest BCUT2D eigenvalue weighted by molar-refractivity contribution is 6.41. The smallest absolute Gasteiger partial charge is 0.0671 e. The highest BCUT2D eigenvalue weighted by Crippen LogP contribution is 2.31. The maximum atomic E-state index is 5.03. The molecule has 0 N–H and O–H groups in total. The van der Waals surface area contributed by atoms with E-state index in [-0.39, 0.29) is 0 Å². The van der Waals surface area contributed by atoms with Gasteiger partial charge in [-0.1, -0.05) is 48.6 Å². The van der Waals surface area contributed by atoms with Crippen molar-refractivity contribution < 1.29 is 0 Å². The van der Waals surface area contributed by atoms with Gasteiger partial charge in [0, 0.05) is 0 Å². The van der Waals surface area contributed by atoms with Crippen LogP contribution in [0.3, 0.4) is 0 Å². The van der Waals surface area contributed by atoms with Gasteiger partial charge >= 0.3 is 0 Å². The Morgan fingerprint density at radius 3 is 1.11 bits per heavy atom. The summed E-state index contributed by atoms with van der Waals surface area (Å²) in [5, 5.41) is 0. The molecule has 0 saturated heterocycles. The topological polar surface area (TPSA) is 24.7 Å². The van der Waals surface area contributed by atoms with Crippen LogP contribution in [0.15, 0.2) is 110 Å². The largest absolute Gasteiger partial charge is 0.252 e. The molecule has 0 aromatic heterocycles. The highest BCUT2D eigenvalue weighted by atomic mass is 14.8. The molecule has 0 aliphatic rings. The molecule has 0 unspecified atom stereocenters. The Morgan fingerprint density at radius 1 is 0.500 bits per heavy atom. The summed E-state index contributed by atoms with van der Waals surface area (Å²) in [4.78, 5) is 10.1. The van der Waals surface area contributed by atoms with Crippen molar-refractivity contribution in [3.63, 3.8) is 0 Å². The lowest BCUT2D eigenvalue weighted by Crippen LogP contribution is -2.07. The van der Waals surface area contributed by atoms with E-state index in [2.05, 4.69) is 63.7 Å². The molecule has 2 heteroatoms. The van der Waals surface area contributed by atoms with Crippen LogP contribution in [-0.4, -0.2) is 11.4 Å². The second-order valence-electron chi connectivity index (χ2n) is 8.75. The van der Waals surface area contributed by atoms with Crippen molar-refractivity contribution in [1.82, 2.24) is 0 Å². The van der Waals surface area contributed by atoms with Gasteiger partial charge in [0.1, 0.15) is 0 Å². The summed E-state index contributed by atoms with van der Waals surface area (Å²) < 4.78 is 0. The van der Waals surface area contributed by atoms with Crippen LogP contribution in [0.1, 0.15) is 47.2 Å². The summed E-state index contributed by atoms with van der Waals surface area (Å²) in [5.74, 6) is 0. The summed E-state index contributed by atoms with van der Waals surface area (Å²) in [6, 6.07) is 8.48. The molecule has 0 saturated carbocycles. The van der Waals surface area contributed by atoms with Crippen molar-refractivity contribution in [3.05, 3.63) is 134 Å². The van der Waals surface area contributed by atoms with Gasteiger partial charge in [-0.05, 0) is 97.9 Å². The molecule has 2 aromatic rings. The molecule has 2 rings (SSSR count). The Kier molecular flexibility index (Phi) is 11.5. The zero-order valence-electron chi connectivity index (χ0n) is 22.2. The normalized spacial score (nSPS) is 11.6. The van der Waals surface area contributed by atoms with Gasteiger partial charge < -0.3 is 0 Å². The van der Waals surface area contributed by atoms with Gasteiger partial charge in [0.25, 0.3) is 0 Å². The molecular formula is C34H40N2. The van der Waals surface area contributed by atoms with Crippen molar-refractivity contribution in [1.29, 1.82) is 0 Å². The molecule has 0 radical (unpaired) electrons. The number of benzene rings is 2. The first-order valence-corrected chi connectivity index (χ1v) is 12.5. The van der Waals surface area contributed by atoms with Crippen molar-refractivity contribution in [2.24, 2.45) is 9.98 Å². The Morgan fingerprint density at radius 2 is 0.806 bits per heavy atom. The Balaban J connectivity index is 2.62. The molecule has 36 heavy (non-hydrogen) atoms. The molecule has 0 atom stereocenters. The Hall–Kier alpha value is -3.78. The van der Waals surface area contributed by atoms with Gasteiger partial charge in [0.15, 0.2) is 0 Å². The number of allylic oxidation sites excluding steroid dienone is 6. The van der Waals surface area contributed by atoms with E-state index in [1.54, 1.807) is 0 Å². The minimum absolute atomic E-state index is 0.746. The number of hydrogen-bond acceptors (Lipinski definition) is 2. The van der Waals surface area contributed by atoms with E-state index >= 15 is 0 Å². The Bertz CT molecular complexity index is 1110. The fourth-order valence-corrected chi connectivity index (χ4v) is 4.43. The molecule has 0 aliphatic heterocycles. The van der Waals surface area contributed by atoms with Gasteiger partial charge in [-0.3, -0.25) is 9.98 Å². The van der Waals surface area contributed by atoms with E-state index in [1.165, 1.54) is 33.4 Å². The van der Waals surface area contributed by atoms with Crippen LogP contribution in [0.4, 0.5) is 11.4 Å². The molecule has 2 aromatic carbocycles. The summed E-state index contributed by atoms with van der Waals surface area (Å²) in [7, 11) is 0. The van der Waals surface area contributed by atoms with Crippen molar-refractivity contribution >= 4 is 22.8 Å². The van der Waals surface area contributed by atoms with E-state index in [1.807, 2.05) is 50.3 Å². The first-order valence-electron chi connectivity index (χ1n) is 12.5. The number of nitrogens with zero attached hydrogens (tertiary/aromatic N) is 2. The van der Waals surface area contributed by atoms with E-state index in [0.717, 1.165) is 61.3 Å². The first-order chi connectivity index (χ1) is 17.4. The van der Waals surface area contributed by atoms with Crippen LogP contribution >= 0.6 is 0 Å². The van der Waals surface area contributed by atoms with E-state index in [4.69, 9.17) is 9.98 Å². The summed E-state index contributed by atoms with van der Waals surface area (Å²) in [5.41, 5.74) is 11.1. The molecular weight excluding hydrogens is 436 g/mol. The van der Waals surface area contributed by atoms with Gasteiger partial charge in [-0.15, -0.1) is 39.5 Å². The zero-order chi connectivity index (χ0) is 26.5. The van der Waals surface area contributed by atoms with Gasteiger partial charge in [-0.25, -0.2) is 0 Å². The molecule has 0 spiro atoms. The predicted octanol–water partition coefficient (Wildman–Crippen LogP) is 8.94. The molecule has 0 bridgehead atoms. The second kappa shape index (κ2) is 14.6. The van der Waals surface area contributed by atoms with Crippen LogP contribution in [0.2, 0.25) is 0 Å². The third kappa shape index (κ3) is 7.11. The van der Waals surface area contributed by atoms with Gasteiger partial charge in [0.05, 0.1) is 22.8 Å². The predicted molar refractivity (Wildman–Crippen MR) is 162 cm³/mol. The monoisotopic (exact) mass is 476 g/mol. The van der Waals surface area contributed by atoms with Gasteiger partial charge in [0.2, 0.25) is 0 Å². The lowest BCUT2D eigenvalue weighted by molar-refractivity contribution is 1.08. The fourth-order valence-electron chi connectivity index (χ4n) is 4.43. The summed E-state index contributed by atoms with van der Waals surface area (Å²) >= 11 is 0. The standard InChI is InChI=1S/C34H40N2/c1-9-15-27-21-23-33(31(19-13-5)29(27)17-11-3)35-25(7)26(8)36-34-24-22-28(16-10-2)30(18-12-4)32(34)20-14-6/h9-14,21-24H,1-6,15-20H2,7-8H3. The van der Waals surface area contributed by atoms with E-state index in [0.29, 0.717) is 0 Å². The van der Waals surface area contributed by atoms with Crippen LogP contribution in [0.25, 0.3) is 0 Å². The summed E-state index contributed by atoms with van der Waals surface area (Å²) in [6.45, 7) is 27.7. The first kappa shape index (κ1) is 28.5. The van der Waals surface area contributed by atoms with E-state index < -0.39 is 0 Å². The minimum Gasteiger partial charge on any atom is -0.252 e. The maximum Gasteiger partial charge on any atom is 0.0671 e. The van der Waals surface area contributed by atoms with Crippen molar-refractivity contribution in [2.75, 3.05) is 0 Å². The third-order valence-electron chi connectivity index (χ3n) is 6.23. The molecule has 0 amide bonds. The third-order valence-corrected chi connectivity index (χ3v) is 6.23. The molecule has 2 nitrogen and oxygen atoms in total. The number of hydrogen-bond donors (Lipinski definition) is 0. The highest BCUT2D eigenvalue weighted by Gasteiger charge is 2.14. The van der Waals surface area contributed by atoms with Crippen LogP contribution in [0.5, 0.6) is 0 Å². The molecule has 0 aliphatic carbocycles. The summed E-state index contributed by atoms with van der Waals surface area (Å²) in [6.07, 6.45) is 16.3. The average molecular weight is 477 g/mol. The second-order valence-corrected chi connectivity index (χ2v) is 8.75. The average Bonchev–Trinajstić information content (AvgIpc) is 2.86. The van der Waals surface area contributed by atoms with Crippen molar-refractivity contribution in [2.45, 2.75) is 52.4 Å². The van der Waals surface area contributed by atoms with Crippen LogP contribution in [0, 0.1) is 0 Å². The maximum absolute atomic E-state index is 5.03. The molecule has 0 heterocycles. The lowest BCUT2D eigenvalue weighted by atomic mass is 9.92. The number of rotatable bonds is 15. The van der Waals surface area contributed by atoms with Crippen LogP contribution in [-0.2, 0) is 38.5 Å². The van der Waals surface area contributed by atoms with Gasteiger partial charge in [-0.2, -0.15) is 0 Å². The molecule has 186 valence electrons. The van der Waals surface area contributed by atoms with E-state index in [9.17, 15) is 0 Å². The minimum atomic E-state index is 0.746. The number of aliphatic imine (C=N–C) groups is 2. The van der Waals surface area contributed by atoms with Crippen molar-refractivity contribution in [3.8, 4) is 0 Å². The Labute approximate surface area is 218 Å². The van der Waals surface area contributed by atoms with Crippen LogP contribution < -0.4 is 0 Å².